The van der Waals surface area contributed by atoms with Crippen LogP contribution < -0.4 is 4.74 Å². The van der Waals surface area contributed by atoms with Gasteiger partial charge in [-0.15, -0.1) is 0 Å². The Balaban J connectivity index is 1.88. The number of ketones is 2. The second kappa shape index (κ2) is 8.23. The summed E-state index contributed by atoms with van der Waals surface area (Å²) in [6, 6.07) is 11.7. The van der Waals surface area contributed by atoms with E-state index >= 15 is 0 Å². The number of rotatable bonds is 6. The second-order valence-electron chi connectivity index (χ2n) is 8.54. The summed E-state index contributed by atoms with van der Waals surface area (Å²) in [5.74, 6) is -0.418. The first-order valence-corrected chi connectivity index (χ1v) is 10.2. The van der Waals surface area contributed by atoms with Crippen molar-refractivity contribution in [2.75, 3.05) is 7.11 Å². The summed E-state index contributed by atoms with van der Waals surface area (Å²) < 4.78 is 10.7. The standard InChI is InChI=1S/C24H25ClO5/c1-23(2,3)30-22(28)24(14-16-13-17(25)7-10-19(16)21(24)27)12-11-20(26)15-5-8-18(29-4)9-6-15/h5-10,13H,11-12,14H2,1-4H3. The molecule has 0 fully saturated rings. The van der Waals surface area contributed by atoms with Gasteiger partial charge in [-0.1, -0.05) is 11.6 Å². The molecule has 0 bridgehead atoms. The second-order valence-corrected chi connectivity index (χ2v) is 8.98. The lowest BCUT2D eigenvalue weighted by Gasteiger charge is -2.30. The van der Waals surface area contributed by atoms with E-state index in [1.54, 1.807) is 70.3 Å². The van der Waals surface area contributed by atoms with E-state index in [1.807, 2.05) is 0 Å². The van der Waals surface area contributed by atoms with E-state index in [2.05, 4.69) is 0 Å². The average molecular weight is 429 g/mol. The summed E-state index contributed by atoms with van der Waals surface area (Å²) >= 11 is 6.09. The number of Topliss-reactive ketones (excluding diaryl/α,β-unsaturated/α-hetero) is 2. The molecule has 0 amide bonds. The molecule has 30 heavy (non-hydrogen) atoms. The van der Waals surface area contributed by atoms with Crippen molar-refractivity contribution in [1.29, 1.82) is 0 Å². The van der Waals surface area contributed by atoms with Gasteiger partial charge in [-0.2, -0.15) is 0 Å². The third-order valence-electron chi connectivity index (χ3n) is 5.22. The minimum Gasteiger partial charge on any atom is -0.497 e. The molecule has 6 heteroatoms. The molecule has 0 saturated heterocycles. The van der Waals surface area contributed by atoms with Crippen molar-refractivity contribution in [3.63, 3.8) is 0 Å². The molecule has 1 unspecified atom stereocenters. The topological polar surface area (TPSA) is 69.7 Å². The van der Waals surface area contributed by atoms with E-state index < -0.39 is 17.0 Å². The maximum atomic E-state index is 13.3. The molecule has 0 radical (unpaired) electrons. The summed E-state index contributed by atoms with van der Waals surface area (Å²) in [5, 5.41) is 0.496. The van der Waals surface area contributed by atoms with Crippen molar-refractivity contribution in [1.82, 2.24) is 0 Å². The molecule has 5 nitrogen and oxygen atoms in total. The van der Waals surface area contributed by atoms with Gasteiger partial charge in [0.05, 0.1) is 7.11 Å². The van der Waals surface area contributed by atoms with Crippen molar-refractivity contribution in [2.24, 2.45) is 5.41 Å². The first-order valence-electron chi connectivity index (χ1n) is 9.80. The van der Waals surface area contributed by atoms with Gasteiger partial charge < -0.3 is 9.47 Å². The van der Waals surface area contributed by atoms with Gasteiger partial charge in [-0.05, 0) is 81.6 Å². The summed E-state index contributed by atoms with van der Waals surface area (Å²) in [5.41, 5.74) is -0.516. The molecule has 0 aromatic heterocycles. The SMILES string of the molecule is COc1ccc(C(=O)CCC2(C(=O)OC(C)(C)C)Cc3cc(Cl)ccc3C2=O)cc1. The molecule has 158 valence electrons. The van der Waals surface area contributed by atoms with Crippen LogP contribution in [0.1, 0.15) is 59.9 Å². The van der Waals surface area contributed by atoms with E-state index in [4.69, 9.17) is 21.1 Å². The summed E-state index contributed by atoms with van der Waals surface area (Å²) in [6.45, 7) is 5.26. The van der Waals surface area contributed by atoms with Crippen LogP contribution in [0, 0.1) is 5.41 Å². The number of carbonyl (C=O) groups is 3. The van der Waals surface area contributed by atoms with E-state index in [-0.39, 0.29) is 30.8 Å². The molecular weight excluding hydrogens is 404 g/mol. The van der Waals surface area contributed by atoms with Gasteiger partial charge in [0.25, 0.3) is 0 Å². The number of hydrogen-bond acceptors (Lipinski definition) is 5. The van der Waals surface area contributed by atoms with E-state index in [1.165, 1.54) is 0 Å². The molecule has 2 aromatic carbocycles. The number of esters is 1. The minimum absolute atomic E-state index is 0.0407. The van der Waals surface area contributed by atoms with Crippen LogP contribution in [-0.4, -0.2) is 30.2 Å². The maximum absolute atomic E-state index is 13.3. The predicted octanol–water partition coefficient (Wildman–Crippen LogP) is 5.08. The van der Waals surface area contributed by atoms with Crippen LogP contribution in [0.25, 0.3) is 0 Å². The van der Waals surface area contributed by atoms with Gasteiger partial charge in [0.2, 0.25) is 0 Å². The Labute approximate surface area is 181 Å². The zero-order valence-corrected chi connectivity index (χ0v) is 18.3. The quantitative estimate of drug-likeness (QED) is 0.364. The highest BCUT2D eigenvalue weighted by molar-refractivity contribution is 6.31. The third-order valence-corrected chi connectivity index (χ3v) is 5.45. The van der Waals surface area contributed by atoms with Crippen LogP contribution >= 0.6 is 11.6 Å². The normalized spacial score (nSPS) is 18.1. The number of benzene rings is 2. The highest BCUT2D eigenvalue weighted by Crippen LogP contribution is 2.43. The van der Waals surface area contributed by atoms with Crippen LogP contribution in [0.15, 0.2) is 42.5 Å². The first-order chi connectivity index (χ1) is 14.1. The van der Waals surface area contributed by atoms with E-state index in [0.717, 1.165) is 0 Å². The molecule has 1 aliphatic carbocycles. The first kappa shape index (κ1) is 22.0. The molecule has 0 aliphatic heterocycles. The molecule has 1 aliphatic rings. The van der Waals surface area contributed by atoms with Crippen LogP contribution in [0.3, 0.4) is 0 Å². The maximum Gasteiger partial charge on any atom is 0.320 e. The zero-order valence-electron chi connectivity index (χ0n) is 17.6. The largest absolute Gasteiger partial charge is 0.497 e. The Kier molecular flexibility index (Phi) is 6.04. The molecule has 0 heterocycles. The van der Waals surface area contributed by atoms with Crippen LogP contribution in [0.4, 0.5) is 0 Å². The van der Waals surface area contributed by atoms with Gasteiger partial charge in [0.1, 0.15) is 16.8 Å². The fourth-order valence-electron chi connectivity index (χ4n) is 3.69. The molecule has 0 spiro atoms. The Morgan fingerprint density at radius 2 is 1.77 bits per heavy atom. The smallest absolute Gasteiger partial charge is 0.320 e. The van der Waals surface area contributed by atoms with Crippen molar-refractivity contribution in [2.45, 2.75) is 45.6 Å². The van der Waals surface area contributed by atoms with Gasteiger partial charge in [0.15, 0.2) is 11.6 Å². The lowest BCUT2D eigenvalue weighted by molar-refractivity contribution is -0.164. The van der Waals surface area contributed by atoms with Crippen molar-refractivity contribution in [3.05, 3.63) is 64.2 Å². The van der Waals surface area contributed by atoms with E-state index in [9.17, 15) is 14.4 Å². The Bertz CT molecular complexity index is 988. The molecular formula is C24H25ClO5. The van der Waals surface area contributed by atoms with Gasteiger partial charge in [-0.25, -0.2) is 0 Å². The van der Waals surface area contributed by atoms with E-state index in [0.29, 0.717) is 27.5 Å². The zero-order chi connectivity index (χ0) is 22.1. The number of halogens is 1. The number of methoxy groups -OCH3 is 1. The number of hydrogen-bond donors (Lipinski definition) is 0. The average Bonchev–Trinajstić information content (AvgIpc) is 2.97. The molecule has 3 rings (SSSR count). The van der Waals surface area contributed by atoms with Crippen molar-refractivity contribution < 1.29 is 23.9 Å². The lowest BCUT2D eigenvalue weighted by Crippen LogP contribution is -2.42. The molecule has 0 N–H and O–H groups in total. The Morgan fingerprint density at radius 3 is 2.37 bits per heavy atom. The Hall–Kier alpha value is -2.66. The monoisotopic (exact) mass is 428 g/mol. The number of ether oxygens (including phenoxy) is 2. The van der Waals surface area contributed by atoms with Crippen molar-refractivity contribution >= 4 is 29.1 Å². The fourth-order valence-corrected chi connectivity index (χ4v) is 3.88. The van der Waals surface area contributed by atoms with Crippen LogP contribution in [0.5, 0.6) is 5.75 Å². The molecule has 0 saturated carbocycles. The summed E-state index contributed by atoms with van der Waals surface area (Å²) in [4.78, 5) is 39.3. The van der Waals surface area contributed by atoms with Crippen molar-refractivity contribution in [3.8, 4) is 5.75 Å². The highest BCUT2D eigenvalue weighted by Gasteiger charge is 2.53. The Morgan fingerprint density at radius 1 is 1.10 bits per heavy atom. The third kappa shape index (κ3) is 4.41. The lowest BCUT2D eigenvalue weighted by atomic mass is 9.78. The number of fused-ring (bicyclic) bond motifs is 1. The summed E-state index contributed by atoms with van der Waals surface area (Å²) in [6.07, 6.45) is 0.281. The fraction of sp³-hybridized carbons (Fsp3) is 0.375. The predicted molar refractivity (Wildman–Crippen MR) is 114 cm³/mol. The molecule has 2 aromatic rings. The molecule has 1 atom stereocenters. The van der Waals surface area contributed by atoms with Gasteiger partial charge >= 0.3 is 5.97 Å². The summed E-state index contributed by atoms with van der Waals surface area (Å²) in [7, 11) is 1.55. The van der Waals surface area contributed by atoms with Crippen LogP contribution in [0.2, 0.25) is 5.02 Å². The minimum atomic E-state index is -1.43. The van der Waals surface area contributed by atoms with Gasteiger partial charge in [0, 0.05) is 22.6 Å². The highest BCUT2D eigenvalue weighted by atomic mass is 35.5. The van der Waals surface area contributed by atoms with Gasteiger partial charge in [-0.3, -0.25) is 14.4 Å². The van der Waals surface area contributed by atoms with Crippen LogP contribution in [-0.2, 0) is 16.0 Å². The number of carbonyl (C=O) groups excluding carboxylic acids is 3.